The molecule has 2 aromatic rings. The summed E-state index contributed by atoms with van der Waals surface area (Å²) in [7, 11) is 1.39. The minimum absolute atomic E-state index is 0.310. The molecule has 104 valence electrons. The standard InChI is InChI=1S/C16H16BrNO2/c1-11-14(16(19)20-2)4-3-5-15(11)18-10-12-6-8-13(17)9-7-12/h3-9,18H,10H2,1-2H3. The second-order valence-corrected chi connectivity index (χ2v) is 5.37. The highest BCUT2D eigenvalue weighted by atomic mass is 79.9. The molecule has 0 fully saturated rings. The second-order valence-electron chi connectivity index (χ2n) is 4.45. The second kappa shape index (κ2) is 6.57. The third kappa shape index (κ3) is 3.39. The van der Waals surface area contributed by atoms with E-state index in [1.54, 1.807) is 6.07 Å². The van der Waals surface area contributed by atoms with E-state index in [4.69, 9.17) is 4.74 Å². The summed E-state index contributed by atoms with van der Waals surface area (Å²) in [5.74, 6) is -0.310. The number of hydrogen-bond acceptors (Lipinski definition) is 3. The highest BCUT2D eigenvalue weighted by molar-refractivity contribution is 9.10. The molecule has 1 N–H and O–H groups in total. The molecule has 2 aromatic carbocycles. The summed E-state index contributed by atoms with van der Waals surface area (Å²) < 4.78 is 5.84. The minimum Gasteiger partial charge on any atom is -0.465 e. The van der Waals surface area contributed by atoms with Crippen LogP contribution in [0.5, 0.6) is 0 Å². The van der Waals surface area contributed by atoms with Crippen LogP contribution in [0.15, 0.2) is 46.9 Å². The molecule has 0 bridgehead atoms. The van der Waals surface area contributed by atoms with Gasteiger partial charge in [-0.25, -0.2) is 4.79 Å². The van der Waals surface area contributed by atoms with Crippen LogP contribution in [0, 0.1) is 6.92 Å². The number of halogens is 1. The summed E-state index contributed by atoms with van der Waals surface area (Å²) in [6.07, 6.45) is 0. The molecule has 0 aliphatic carbocycles. The van der Waals surface area contributed by atoms with E-state index in [1.807, 2.05) is 31.2 Å². The minimum atomic E-state index is -0.310. The van der Waals surface area contributed by atoms with Crippen LogP contribution in [0.3, 0.4) is 0 Å². The van der Waals surface area contributed by atoms with Gasteiger partial charge in [-0.1, -0.05) is 34.1 Å². The highest BCUT2D eigenvalue weighted by Gasteiger charge is 2.11. The van der Waals surface area contributed by atoms with Crippen molar-refractivity contribution in [2.24, 2.45) is 0 Å². The zero-order valence-electron chi connectivity index (χ0n) is 11.4. The van der Waals surface area contributed by atoms with E-state index in [2.05, 4.69) is 33.4 Å². The first kappa shape index (κ1) is 14.6. The van der Waals surface area contributed by atoms with Gasteiger partial charge in [0.05, 0.1) is 12.7 Å². The molecule has 0 aromatic heterocycles. The number of carbonyl (C=O) groups is 1. The Morgan fingerprint density at radius 3 is 2.55 bits per heavy atom. The number of hydrogen-bond donors (Lipinski definition) is 1. The predicted molar refractivity (Wildman–Crippen MR) is 84.0 cm³/mol. The van der Waals surface area contributed by atoms with Crippen molar-refractivity contribution >= 4 is 27.6 Å². The molecule has 0 radical (unpaired) electrons. The number of esters is 1. The lowest BCUT2D eigenvalue weighted by Crippen LogP contribution is -2.07. The molecule has 0 saturated carbocycles. The molecule has 2 rings (SSSR count). The van der Waals surface area contributed by atoms with Crippen LogP contribution in [0.4, 0.5) is 5.69 Å². The lowest BCUT2D eigenvalue weighted by Gasteiger charge is -2.12. The lowest BCUT2D eigenvalue weighted by atomic mass is 10.1. The first-order valence-electron chi connectivity index (χ1n) is 6.28. The summed E-state index contributed by atoms with van der Waals surface area (Å²) in [4.78, 5) is 11.6. The zero-order valence-corrected chi connectivity index (χ0v) is 13.0. The van der Waals surface area contributed by atoms with Gasteiger partial charge in [-0.05, 0) is 42.3 Å². The van der Waals surface area contributed by atoms with Crippen molar-refractivity contribution in [3.05, 3.63) is 63.6 Å². The Hall–Kier alpha value is -1.81. The average Bonchev–Trinajstić information content (AvgIpc) is 2.47. The smallest absolute Gasteiger partial charge is 0.338 e. The first-order chi connectivity index (χ1) is 9.61. The van der Waals surface area contributed by atoms with E-state index in [1.165, 1.54) is 12.7 Å². The van der Waals surface area contributed by atoms with Crippen LogP contribution < -0.4 is 5.32 Å². The third-order valence-corrected chi connectivity index (χ3v) is 3.66. The Morgan fingerprint density at radius 2 is 1.90 bits per heavy atom. The molecule has 0 spiro atoms. The molecular formula is C16H16BrNO2. The Kier molecular flexibility index (Phi) is 4.79. The zero-order chi connectivity index (χ0) is 14.5. The largest absolute Gasteiger partial charge is 0.465 e. The van der Waals surface area contributed by atoms with Gasteiger partial charge in [-0.2, -0.15) is 0 Å². The fraction of sp³-hybridized carbons (Fsp3) is 0.188. The normalized spacial score (nSPS) is 10.2. The third-order valence-electron chi connectivity index (χ3n) is 3.14. The topological polar surface area (TPSA) is 38.3 Å². The van der Waals surface area contributed by atoms with Crippen molar-refractivity contribution in [1.82, 2.24) is 0 Å². The van der Waals surface area contributed by atoms with Crippen LogP contribution in [0.2, 0.25) is 0 Å². The molecule has 4 heteroatoms. The number of rotatable bonds is 4. The Bertz CT molecular complexity index is 608. The van der Waals surface area contributed by atoms with Gasteiger partial charge in [0.15, 0.2) is 0 Å². The van der Waals surface area contributed by atoms with Crippen LogP contribution >= 0.6 is 15.9 Å². The summed E-state index contributed by atoms with van der Waals surface area (Å²) in [6, 6.07) is 13.7. The van der Waals surface area contributed by atoms with Crippen molar-refractivity contribution in [3.8, 4) is 0 Å². The fourth-order valence-corrected chi connectivity index (χ4v) is 2.22. The van der Waals surface area contributed by atoms with E-state index < -0.39 is 0 Å². The summed E-state index contributed by atoms with van der Waals surface area (Å²) in [5.41, 5.74) is 3.61. The van der Waals surface area contributed by atoms with Gasteiger partial charge in [-0.15, -0.1) is 0 Å². The molecule has 0 amide bonds. The molecule has 0 aliphatic heterocycles. The van der Waals surface area contributed by atoms with Crippen LogP contribution in [-0.4, -0.2) is 13.1 Å². The molecule has 0 atom stereocenters. The number of benzene rings is 2. The van der Waals surface area contributed by atoms with E-state index in [0.717, 1.165) is 15.7 Å². The van der Waals surface area contributed by atoms with Gasteiger partial charge in [0.1, 0.15) is 0 Å². The number of nitrogens with one attached hydrogen (secondary N) is 1. The predicted octanol–water partition coefficient (Wildman–Crippen LogP) is 4.16. The molecule has 0 unspecified atom stereocenters. The Morgan fingerprint density at radius 1 is 1.20 bits per heavy atom. The number of ether oxygens (including phenoxy) is 1. The Balaban J connectivity index is 2.13. The van der Waals surface area contributed by atoms with E-state index >= 15 is 0 Å². The lowest BCUT2D eigenvalue weighted by molar-refractivity contribution is 0.0600. The van der Waals surface area contributed by atoms with Gasteiger partial charge < -0.3 is 10.1 Å². The summed E-state index contributed by atoms with van der Waals surface area (Å²) >= 11 is 3.41. The number of carbonyl (C=O) groups excluding carboxylic acids is 1. The SMILES string of the molecule is COC(=O)c1cccc(NCc2ccc(Br)cc2)c1C. The first-order valence-corrected chi connectivity index (χ1v) is 7.07. The number of methoxy groups -OCH3 is 1. The van der Waals surface area contributed by atoms with E-state index in [9.17, 15) is 4.79 Å². The highest BCUT2D eigenvalue weighted by Crippen LogP contribution is 2.20. The molecule has 0 saturated heterocycles. The van der Waals surface area contributed by atoms with Crippen molar-refractivity contribution < 1.29 is 9.53 Å². The maximum Gasteiger partial charge on any atom is 0.338 e. The molecule has 0 heterocycles. The Labute approximate surface area is 127 Å². The quantitative estimate of drug-likeness (QED) is 0.854. The summed E-state index contributed by atoms with van der Waals surface area (Å²) in [6.45, 7) is 2.62. The summed E-state index contributed by atoms with van der Waals surface area (Å²) in [5, 5.41) is 3.34. The molecule has 20 heavy (non-hydrogen) atoms. The van der Waals surface area contributed by atoms with E-state index in [0.29, 0.717) is 12.1 Å². The van der Waals surface area contributed by atoms with Gasteiger partial charge in [-0.3, -0.25) is 0 Å². The van der Waals surface area contributed by atoms with Gasteiger partial charge in [0.2, 0.25) is 0 Å². The van der Waals surface area contributed by atoms with Crippen molar-refractivity contribution in [2.75, 3.05) is 12.4 Å². The van der Waals surface area contributed by atoms with Crippen molar-refractivity contribution in [2.45, 2.75) is 13.5 Å². The van der Waals surface area contributed by atoms with Crippen molar-refractivity contribution in [1.29, 1.82) is 0 Å². The maximum absolute atomic E-state index is 11.6. The van der Waals surface area contributed by atoms with Crippen LogP contribution in [0.25, 0.3) is 0 Å². The van der Waals surface area contributed by atoms with Crippen molar-refractivity contribution in [3.63, 3.8) is 0 Å². The molecule has 0 aliphatic rings. The molecular weight excluding hydrogens is 318 g/mol. The van der Waals surface area contributed by atoms with Gasteiger partial charge in [0.25, 0.3) is 0 Å². The van der Waals surface area contributed by atoms with Crippen LogP contribution in [0.1, 0.15) is 21.5 Å². The number of anilines is 1. The van der Waals surface area contributed by atoms with E-state index in [-0.39, 0.29) is 5.97 Å². The molecule has 3 nitrogen and oxygen atoms in total. The van der Waals surface area contributed by atoms with Gasteiger partial charge in [0, 0.05) is 16.7 Å². The van der Waals surface area contributed by atoms with Crippen LogP contribution in [-0.2, 0) is 11.3 Å². The fourth-order valence-electron chi connectivity index (χ4n) is 1.96. The monoisotopic (exact) mass is 333 g/mol. The van der Waals surface area contributed by atoms with Gasteiger partial charge >= 0.3 is 5.97 Å². The average molecular weight is 334 g/mol. The maximum atomic E-state index is 11.6.